The Hall–Kier alpha value is -4.88. The average Bonchev–Trinajstić information content (AvgIpc) is 3.48. The van der Waals surface area contributed by atoms with E-state index in [1.165, 1.54) is 0 Å². The molecule has 0 saturated carbocycles. The normalized spacial score (nSPS) is 17.5. The molecule has 5 rings (SSSR count). The molecule has 0 fully saturated rings. The van der Waals surface area contributed by atoms with Gasteiger partial charge in [0.1, 0.15) is 11.5 Å². The number of hydrogen-bond donors (Lipinski definition) is 2. The van der Waals surface area contributed by atoms with Crippen molar-refractivity contribution in [3.8, 4) is 11.5 Å². The number of para-hydroxylation sites is 1. The molecule has 2 N–H and O–H groups in total. The molecule has 4 aromatic rings. The fraction of sp³-hybridized carbons (Fsp3) is 0.263. The van der Waals surface area contributed by atoms with Gasteiger partial charge in [0.15, 0.2) is 11.6 Å². The number of hydrogen-bond acceptors (Lipinski definition) is 6. The fourth-order valence-corrected chi connectivity index (χ4v) is 5.35. The molecule has 0 spiro atoms. The van der Waals surface area contributed by atoms with Crippen LogP contribution < -0.4 is 14.8 Å². The summed E-state index contributed by atoms with van der Waals surface area (Å²) in [6.07, 6.45) is 4.87. The van der Waals surface area contributed by atoms with Crippen LogP contribution in [0.2, 0.25) is 0 Å². The van der Waals surface area contributed by atoms with E-state index in [1.807, 2.05) is 128 Å². The summed E-state index contributed by atoms with van der Waals surface area (Å²) in [6.45, 7) is 3.45. The van der Waals surface area contributed by atoms with Crippen LogP contribution in [-0.2, 0) is 16.0 Å². The van der Waals surface area contributed by atoms with Crippen LogP contribution in [0.1, 0.15) is 48.1 Å². The minimum Gasteiger partial charge on any atom is -0.494 e. The van der Waals surface area contributed by atoms with E-state index in [2.05, 4.69) is 5.32 Å². The molecule has 1 aliphatic rings. The molecule has 7 nitrogen and oxygen atoms in total. The van der Waals surface area contributed by atoms with Gasteiger partial charge in [-0.15, -0.1) is 0 Å². The summed E-state index contributed by atoms with van der Waals surface area (Å²) >= 11 is 0. The zero-order valence-corrected chi connectivity index (χ0v) is 25.6. The first kappa shape index (κ1) is 31.5. The van der Waals surface area contributed by atoms with E-state index in [9.17, 15) is 4.79 Å². The highest BCUT2D eigenvalue weighted by Crippen LogP contribution is 2.43. The summed E-state index contributed by atoms with van der Waals surface area (Å²) in [6, 6.07) is 35.2. The van der Waals surface area contributed by atoms with Crippen LogP contribution in [0.4, 0.5) is 0 Å². The second-order valence-electron chi connectivity index (χ2n) is 10.8. The predicted molar refractivity (Wildman–Crippen MR) is 178 cm³/mol. The number of nitrogens with one attached hydrogen (secondary N) is 1. The molecule has 1 aliphatic heterocycles. The lowest BCUT2D eigenvalue weighted by atomic mass is 9.84. The second-order valence-corrected chi connectivity index (χ2v) is 10.8. The highest BCUT2D eigenvalue weighted by atomic mass is 16.5. The van der Waals surface area contributed by atoms with Crippen LogP contribution in [0.5, 0.6) is 11.5 Å². The lowest BCUT2D eigenvalue weighted by Gasteiger charge is -2.30. The number of carbonyl (C=O) groups is 1. The Morgan fingerprint density at radius 2 is 1.64 bits per heavy atom. The molecule has 232 valence electrons. The van der Waals surface area contributed by atoms with Gasteiger partial charge >= 0.3 is 0 Å². The Morgan fingerprint density at radius 1 is 0.933 bits per heavy atom. The second kappa shape index (κ2) is 15.7. The van der Waals surface area contributed by atoms with E-state index in [0.717, 1.165) is 28.0 Å². The number of benzene rings is 4. The van der Waals surface area contributed by atoms with Gasteiger partial charge in [0.25, 0.3) is 5.91 Å². The molecule has 7 heteroatoms. The molecular formula is C38H40N2O5. The van der Waals surface area contributed by atoms with Crippen molar-refractivity contribution in [1.82, 2.24) is 5.32 Å². The topological polar surface area (TPSA) is 89.4 Å². The quantitative estimate of drug-likeness (QED) is 0.150. The Morgan fingerprint density at radius 3 is 2.38 bits per heavy atom. The lowest BCUT2D eigenvalue weighted by molar-refractivity contribution is -0.128. The van der Waals surface area contributed by atoms with Gasteiger partial charge in [-0.2, -0.15) is 0 Å². The molecule has 0 unspecified atom stereocenters. The molecule has 0 bridgehead atoms. The van der Waals surface area contributed by atoms with E-state index in [0.29, 0.717) is 50.7 Å². The highest BCUT2D eigenvalue weighted by Gasteiger charge is 2.52. The number of aliphatic hydroxyl groups excluding tert-OH is 1. The van der Waals surface area contributed by atoms with Gasteiger partial charge in [-0.1, -0.05) is 91.0 Å². The largest absolute Gasteiger partial charge is 0.494 e. The van der Waals surface area contributed by atoms with Crippen molar-refractivity contribution in [2.24, 2.45) is 4.99 Å². The van der Waals surface area contributed by atoms with Crippen LogP contribution in [0, 0.1) is 0 Å². The molecule has 4 aromatic carbocycles. The van der Waals surface area contributed by atoms with E-state index in [-0.39, 0.29) is 12.5 Å². The van der Waals surface area contributed by atoms with Crippen LogP contribution in [0.15, 0.2) is 120 Å². The van der Waals surface area contributed by atoms with Gasteiger partial charge in [0.05, 0.1) is 13.2 Å². The van der Waals surface area contributed by atoms with E-state index in [4.69, 9.17) is 24.3 Å². The van der Waals surface area contributed by atoms with Gasteiger partial charge < -0.3 is 24.6 Å². The zero-order chi connectivity index (χ0) is 31.3. The number of ether oxygens (including phenoxy) is 3. The van der Waals surface area contributed by atoms with Crippen molar-refractivity contribution >= 4 is 17.9 Å². The van der Waals surface area contributed by atoms with Gasteiger partial charge in [-0.05, 0) is 60.4 Å². The van der Waals surface area contributed by atoms with E-state index < -0.39 is 11.6 Å². The van der Waals surface area contributed by atoms with Crippen molar-refractivity contribution in [3.05, 3.63) is 138 Å². The average molecular weight is 605 g/mol. The maximum Gasteiger partial charge on any atom is 0.252 e. The third kappa shape index (κ3) is 7.99. The number of aliphatic hydroxyl groups is 1. The standard InChI is InChI=1S/C38H40N2O5/c1-2-43-34-19-10-9-16-30(34)24-26-39-37(42)38(25-11-15-29-13-5-3-6-14-29)35(31-17-7-4-8-18-31)45-36(40-38)32-20-22-33(23-21-32)44-28-12-27-41/h3-11,13-23,35,41H,2,12,24-28H2,1H3,(H,39,42)/b15-11+/t35-,38-/m1/s1. The van der Waals surface area contributed by atoms with Crippen molar-refractivity contribution in [2.75, 3.05) is 26.4 Å². The number of amides is 1. The fourth-order valence-electron chi connectivity index (χ4n) is 5.35. The summed E-state index contributed by atoms with van der Waals surface area (Å²) in [5, 5.41) is 12.2. The maximum absolute atomic E-state index is 14.4. The number of carbonyl (C=O) groups excluding carboxylic acids is 1. The van der Waals surface area contributed by atoms with Crippen molar-refractivity contribution < 1.29 is 24.1 Å². The summed E-state index contributed by atoms with van der Waals surface area (Å²) in [4.78, 5) is 19.5. The molecule has 0 aliphatic carbocycles. The first-order valence-electron chi connectivity index (χ1n) is 15.5. The van der Waals surface area contributed by atoms with E-state index >= 15 is 0 Å². The molecular weight excluding hydrogens is 564 g/mol. The van der Waals surface area contributed by atoms with Gasteiger partial charge in [-0.3, -0.25) is 4.79 Å². The van der Waals surface area contributed by atoms with E-state index in [1.54, 1.807) is 0 Å². The van der Waals surface area contributed by atoms with Crippen LogP contribution in [0.3, 0.4) is 0 Å². The molecule has 0 radical (unpaired) electrons. The molecule has 1 heterocycles. The van der Waals surface area contributed by atoms with Crippen LogP contribution in [0.25, 0.3) is 6.08 Å². The Balaban J connectivity index is 1.46. The van der Waals surface area contributed by atoms with Crippen molar-refractivity contribution in [1.29, 1.82) is 0 Å². The first-order chi connectivity index (χ1) is 22.1. The molecule has 45 heavy (non-hydrogen) atoms. The summed E-state index contributed by atoms with van der Waals surface area (Å²) in [5.74, 6) is 1.70. The molecule has 0 saturated heterocycles. The third-order valence-electron chi connectivity index (χ3n) is 7.62. The highest BCUT2D eigenvalue weighted by molar-refractivity contribution is 6.01. The lowest BCUT2D eigenvalue weighted by Crippen LogP contribution is -2.48. The van der Waals surface area contributed by atoms with Crippen LogP contribution >= 0.6 is 0 Å². The maximum atomic E-state index is 14.4. The SMILES string of the molecule is CCOc1ccccc1CCNC(=O)[C@]1(C/C=C/c2ccccc2)N=C(c2ccc(OCCCO)cc2)O[C@@H]1c1ccccc1. The number of rotatable bonds is 15. The summed E-state index contributed by atoms with van der Waals surface area (Å²) in [5.41, 5.74) is 2.43. The molecule has 2 atom stereocenters. The van der Waals surface area contributed by atoms with Crippen molar-refractivity contribution in [3.63, 3.8) is 0 Å². The number of aliphatic imine (C=N–C) groups is 1. The Labute approximate surface area is 265 Å². The molecule has 0 aromatic heterocycles. The smallest absolute Gasteiger partial charge is 0.252 e. The summed E-state index contributed by atoms with van der Waals surface area (Å²) < 4.78 is 18.1. The van der Waals surface area contributed by atoms with Gasteiger partial charge in [-0.25, -0.2) is 4.99 Å². The zero-order valence-electron chi connectivity index (χ0n) is 25.6. The third-order valence-corrected chi connectivity index (χ3v) is 7.62. The van der Waals surface area contributed by atoms with Crippen LogP contribution in [-0.4, -0.2) is 48.8 Å². The first-order valence-corrected chi connectivity index (χ1v) is 15.5. The van der Waals surface area contributed by atoms with Gasteiger partial charge in [0.2, 0.25) is 5.90 Å². The minimum absolute atomic E-state index is 0.0749. The predicted octanol–water partition coefficient (Wildman–Crippen LogP) is 6.57. The monoisotopic (exact) mass is 604 g/mol. The Bertz CT molecular complexity index is 1570. The van der Waals surface area contributed by atoms with Crippen molar-refractivity contribution in [2.45, 2.75) is 37.8 Å². The minimum atomic E-state index is -1.25. The summed E-state index contributed by atoms with van der Waals surface area (Å²) in [7, 11) is 0. The Kier molecular flexibility index (Phi) is 11.0. The molecule has 1 amide bonds. The van der Waals surface area contributed by atoms with Gasteiger partial charge in [0, 0.05) is 31.6 Å². The number of nitrogens with zero attached hydrogens (tertiary/aromatic N) is 1.